The van der Waals surface area contributed by atoms with Gasteiger partial charge in [-0.15, -0.1) is 0 Å². The van der Waals surface area contributed by atoms with Crippen molar-refractivity contribution in [1.29, 1.82) is 0 Å². The van der Waals surface area contributed by atoms with E-state index in [-0.39, 0.29) is 42.8 Å². The van der Waals surface area contributed by atoms with Crippen LogP contribution in [0.2, 0.25) is 5.02 Å². The smallest absolute Gasteiger partial charge is 0.374 e. The lowest BCUT2D eigenvalue weighted by Gasteiger charge is -2.28. The first-order chi connectivity index (χ1) is 19.0. The van der Waals surface area contributed by atoms with Crippen molar-refractivity contribution in [2.24, 2.45) is 0 Å². The fourth-order valence-corrected chi connectivity index (χ4v) is 6.45. The van der Waals surface area contributed by atoms with E-state index in [2.05, 4.69) is 15.9 Å². The van der Waals surface area contributed by atoms with Crippen molar-refractivity contribution in [2.75, 3.05) is 17.5 Å². The van der Waals surface area contributed by atoms with Gasteiger partial charge in [0.1, 0.15) is 11.3 Å². The topological polar surface area (TPSA) is 110 Å². The Kier molecular flexibility index (Phi) is 8.96. The molecule has 0 spiro atoms. The second kappa shape index (κ2) is 12.1. The highest BCUT2D eigenvalue weighted by atomic mass is 79.9. The first kappa shape index (κ1) is 29.7. The normalized spacial score (nSPS) is 11.6. The molecule has 9 nitrogen and oxygen atoms in total. The van der Waals surface area contributed by atoms with E-state index in [9.17, 15) is 18.0 Å². The summed E-state index contributed by atoms with van der Waals surface area (Å²) in [6.45, 7) is 7.10. The van der Waals surface area contributed by atoms with Gasteiger partial charge in [0.05, 0.1) is 23.7 Å². The molecule has 40 heavy (non-hydrogen) atoms. The molecule has 0 N–H and O–H groups in total. The zero-order chi connectivity index (χ0) is 29.2. The second-order valence-corrected chi connectivity index (χ2v) is 12.0. The lowest BCUT2D eigenvalue weighted by molar-refractivity contribution is -0.130. The molecule has 0 atom stereocenters. The third-order valence-electron chi connectivity index (χ3n) is 6.34. The van der Waals surface area contributed by atoms with Crippen LogP contribution >= 0.6 is 27.5 Å². The fraction of sp³-hybridized carbons (Fsp3) is 0.286. The highest BCUT2D eigenvalue weighted by Crippen LogP contribution is 2.33. The number of halogens is 2. The number of anilines is 1. The zero-order valence-corrected chi connectivity index (χ0v) is 25.5. The van der Waals surface area contributed by atoms with Gasteiger partial charge >= 0.3 is 5.97 Å². The molecule has 0 aliphatic carbocycles. The van der Waals surface area contributed by atoms with Gasteiger partial charge in [0.25, 0.3) is 10.0 Å². The Morgan fingerprint density at radius 2 is 1.77 bits per heavy atom. The molecule has 2 aromatic heterocycles. The van der Waals surface area contributed by atoms with Gasteiger partial charge in [-0.2, -0.15) is 0 Å². The maximum atomic E-state index is 14.0. The van der Waals surface area contributed by atoms with E-state index in [1.54, 1.807) is 56.0 Å². The summed E-state index contributed by atoms with van der Waals surface area (Å²) in [5.41, 5.74) is 1.79. The third-order valence-corrected chi connectivity index (χ3v) is 8.88. The maximum Gasteiger partial charge on any atom is 0.374 e. The molecular formula is C28H28BrClN2O7S. The van der Waals surface area contributed by atoms with Gasteiger partial charge in [0.2, 0.25) is 11.7 Å². The van der Waals surface area contributed by atoms with E-state index in [0.717, 1.165) is 0 Å². The summed E-state index contributed by atoms with van der Waals surface area (Å²) in [6.07, 6.45) is 0. The van der Waals surface area contributed by atoms with Crippen molar-refractivity contribution in [1.82, 2.24) is 4.90 Å². The number of hydrogen-bond donors (Lipinski definition) is 0. The van der Waals surface area contributed by atoms with Crippen LogP contribution in [-0.2, 0) is 32.6 Å². The van der Waals surface area contributed by atoms with Crippen LogP contribution in [0.1, 0.15) is 48.2 Å². The van der Waals surface area contributed by atoms with E-state index in [0.29, 0.717) is 43.2 Å². The molecule has 1 amide bonds. The Bertz CT molecular complexity index is 1680. The van der Waals surface area contributed by atoms with E-state index in [1.807, 2.05) is 0 Å². The molecule has 2 heterocycles. The van der Waals surface area contributed by atoms with Crippen LogP contribution in [0, 0.1) is 6.92 Å². The summed E-state index contributed by atoms with van der Waals surface area (Å²) in [7, 11) is -4.08. The number of carbonyl (C=O) groups excluding carboxylic acids is 2. The number of aryl methyl sites for hydroxylation is 1. The minimum Gasteiger partial charge on any atom is -0.460 e. The lowest BCUT2D eigenvalue weighted by atomic mass is 10.1. The first-order valence-corrected chi connectivity index (χ1v) is 15.1. The Hall–Kier alpha value is -3.28. The quantitative estimate of drug-likeness (QED) is 0.176. The van der Waals surface area contributed by atoms with Gasteiger partial charge in [-0.25, -0.2) is 13.2 Å². The maximum absolute atomic E-state index is 14.0. The summed E-state index contributed by atoms with van der Waals surface area (Å²) in [6, 6.07) is 12.8. The number of ether oxygens (including phenoxy) is 1. The molecule has 2 aromatic carbocycles. The number of amides is 1. The molecule has 212 valence electrons. The zero-order valence-electron chi connectivity index (χ0n) is 22.4. The molecule has 0 aliphatic rings. The van der Waals surface area contributed by atoms with Gasteiger partial charge in [-0.3, -0.25) is 9.10 Å². The van der Waals surface area contributed by atoms with E-state index < -0.39 is 16.0 Å². The van der Waals surface area contributed by atoms with Crippen LogP contribution < -0.4 is 4.31 Å². The van der Waals surface area contributed by atoms with E-state index in [4.69, 9.17) is 25.2 Å². The van der Waals surface area contributed by atoms with E-state index in [1.165, 1.54) is 29.4 Å². The summed E-state index contributed by atoms with van der Waals surface area (Å²) in [5, 5.41) is 0.891. The van der Waals surface area contributed by atoms with Crippen molar-refractivity contribution >= 4 is 66.1 Å². The molecule has 0 unspecified atom stereocenters. The van der Waals surface area contributed by atoms with E-state index >= 15 is 0 Å². The summed E-state index contributed by atoms with van der Waals surface area (Å²) in [4.78, 5) is 26.4. The van der Waals surface area contributed by atoms with Crippen LogP contribution in [-0.4, -0.2) is 38.3 Å². The molecule has 4 rings (SSSR count). The van der Waals surface area contributed by atoms with Crippen molar-refractivity contribution in [2.45, 2.75) is 45.7 Å². The van der Waals surface area contributed by atoms with Crippen LogP contribution in [0.25, 0.3) is 11.0 Å². The number of hydrogen-bond acceptors (Lipinski definition) is 7. The van der Waals surface area contributed by atoms with Crippen molar-refractivity contribution in [3.63, 3.8) is 0 Å². The molecule has 12 heteroatoms. The Labute approximate surface area is 245 Å². The minimum absolute atomic E-state index is 0.0194. The lowest BCUT2D eigenvalue weighted by Crippen LogP contribution is -2.33. The molecule has 0 saturated carbocycles. The number of nitrogens with zero attached hydrogens (tertiary/aromatic N) is 2. The molecule has 0 bridgehead atoms. The summed E-state index contributed by atoms with van der Waals surface area (Å²) in [5.74, 6) is -0.232. The molecular weight excluding hydrogens is 624 g/mol. The Balaban J connectivity index is 1.73. The van der Waals surface area contributed by atoms with Crippen LogP contribution in [0.3, 0.4) is 0 Å². The third kappa shape index (κ3) is 6.06. The van der Waals surface area contributed by atoms with Crippen LogP contribution in [0.15, 0.2) is 66.9 Å². The minimum atomic E-state index is -4.08. The average molecular weight is 652 g/mol. The SMILES string of the molecule is CCOC(=O)c1oc2ccc(S(=O)(=O)N(CC)c3ccc(Cl)cc3CN(Cc3ccc(Br)o3)C(C)=O)cc2c1C. The highest BCUT2D eigenvalue weighted by Gasteiger charge is 2.28. The highest BCUT2D eigenvalue weighted by molar-refractivity contribution is 9.10. The van der Waals surface area contributed by atoms with Gasteiger partial charge in [0, 0.05) is 36.0 Å². The summed E-state index contributed by atoms with van der Waals surface area (Å²) >= 11 is 9.58. The number of benzene rings is 2. The molecule has 0 saturated heterocycles. The molecule has 4 aromatic rings. The summed E-state index contributed by atoms with van der Waals surface area (Å²) < 4.78 is 46.0. The number of fused-ring (bicyclic) bond motifs is 1. The Morgan fingerprint density at radius 3 is 2.40 bits per heavy atom. The van der Waals surface area contributed by atoms with Crippen LogP contribution in [0.4, 0.5) is 5.69 Å². The predicted octanol–water partition coefficient (Wildman–Crippen LogP) is 6.69. The number of carbonyl (C=O) groups is 2. The largest absolute Gasteiger partial charge is 0.460 e. The monoisotopic (exact) mass is 650 g/mol. The fourth-order valence-electron chi connectivity index (χ4n) is 4.38. The van der Waals surface area contributed by atoms with Crippen LogP contribution in [0.5, 0.6) is 0 Å². The number of sulfonamides is 1. The molecule has 0 radical (unpaired) electrons. The standard InChI is InChI=1S/C28H28BrClN2O7S/c1-5-32(40(35,36)22-9-11-25-23(14-22)17(3)27(39-25)28(34)37-6-2)24-10-7-20(30)13-19(24)15-31(18(4)33)16-21-8-12-26(29)38-21/h7-14H,5-6,15-16H2,1-4H3. The average Bonchev–Trinajstić information content (AvgIpc) is 3.47. The predicted molar refractivity (Wildman–Crippen MR) is 155 cm³/mol. The molecule has 0 fully saturated rings. The van der Waals surface area contributed by atoms with Gasteiger partial charge < -0.3 is 18.5 Å². The number of esters is 1. The van der Waals surface area contributed by atoms with Gasteiger partial charge in [-0.05, 0) is 90.8 Å². The second-order valence-electron chi connectivity index (χ2n) is 8.96. The van der Waals surface area contributed by atoms with Crippen molar-refractivity contribution in [3.8, 4) is 0 Å². The number of rotatable bonds is 10. The Morgan fingerprint density at radius 1 is 1.02 bits per heavy atom. The molecule has 0 aliphatic heterocycles. The van der Waals surface area contributed by atoms with Crippen molar-refractivity contribution < 1.29 is 31.6 Å². The van der Waals surface area contributed by atoms with Gasteiger partial charge in [-0.1, -0.05) is 11.6 Å². The first-order valence-electron chi connectivity index (χ1n) is 12.5. The number of furan rings is 2. The van der Waals surface area contributed by atoms with Gasteiger partial charge in [0.15, 0.2) is 4.67 Å². The van der Waals surface area contributed by atoms with Crippen molar-refractivity contribution in [3.05, 3.63) is 80.9 Å².